The van der Waals surface area contributed by atoms with Gasteiger partial charge < -0.3 is 5.32 Å². The van der Waals surface area contributed by atoms with Crippen LogP contribution >= 0.6 is 0 Å². The summed E-state index contributed by atoms with van der Waals surface area (Å²) in [6.07, 6.45) is -3.30. The molecule has 0 bridgehead atoms. The van der Waals surface area contributed by atoms with Gasteiger partial charge in [-0.25, -0.2) is 4.39 Å². The molecular weight excluding hydrogens is 246 g/mol. The summed E-state index contributed by atoms with van der Waals surface area (Å²) < 4.78 is 50.3. The minimum absolute atomic E-state index is 0.264. The van der Waals surface area contributed by atoms with Gasteiger partial charge in [0.05, 0.1) is 5.56 Å². The lowest BCUT2D eigenvalue weighted by Crippen LogP contribution is -2.25. The summed E-state index contributed by atoms with van der Waals surface area (Å²) in [4.78, 5) is 0. The van der Waals surface area contributed by atoms with Crippen LogP contribution in [-0.4, -0.2) is 12.6 Å². The number of alkyl halides is 3. The molecule has 1 aromatic rings. The molecule has 1 N–H and O–H groups in total. The van der Waals surface area contributed by atoms with Gasteiger partial charge in [-0.2, -0.15) is 13.2 Å². The predicted molar refractivity (Wildman–Crippen MR) is 62.9 cm³/mol. The maximum absolute atomic E-state index is 13.3. The summed E-state index contributed by atoms with van der Waals surface area (Å²) in [5, 5.41) is 3.19. The van der Waals surface area contributed by atoms with E-state index in [0.29, 0.717) is 12.0 Å². The van der Waals surface area contributed by atoms with Crippen molar-refractivity contribution in [3.63, 3.8) is 0 Å². The van der Waals surface area contributed by atoms with Gasteiger partial charge in [-0.05, 0) is 44.0 Å². The van der Waals surface area contributed by atoms with Gasteiger partial charge in [0, 0.05) is 6.04 Å². The first-order valence-corrected chi connectivity index (χ1v) is 5.93. The molecule has 0 radical (unpaired) electrons. The fourth-order valence-electron chi connectivity index (χ4n) is 1.78. The van der Waals surface area contributed by atoms with E-state index in [1.165, 1.54) is 6.07 Å². The summed E-state index contributed by atoms with van der Waals surface area (Å²) in [6.45, 7) is 4.81. The number of benzene rings is 1. The minimum Gasteiger partial charge on any atom is -0.315 e. The highest BCUT2D eigenvalue weighted by atomic mass is 19.4. The van der Waals surface area contributed by atoms with Crippen molar-refractivity contribution in [1.29, 1.82) is 0 Å². The highest BCUT2D eigenvalue weighted by molar-refractivity contribution is 5.26. The number of aryl methyl sites for hydroxylation is 1. The topological polar surface area (TPSA) is 12.0 Å². The van der Waals surface area contributed by atoms with Gasteiger partial charge in [0.25, 0.3) is 0 Å². The van der Waals surface area contributed by atoms with Crippen molar-refractivity contribution >= 4 is 0 Å². The molecule has 1 aromatic carbocycles. The van der Waals surface area contributed by atoms with Crippen LogP contribution in [0.15, 0.2) is 18.2 Å². The van der Waals surface area contributed by atoms with Gasteiger partial charge in [-0.1, -0.05) is 13.0 Å². The number of halogens is 4. The molecule has 0 fully saturated rings. The lowest BCUT2D eigenvalue weighted by atomic mass is 10.0. The number of hydrogen-bond donors (Lipinski definition) is 1. The zero-order valence-corrected chi connectivity index (χ0v) is 10.4. The monoisotopic (exact) mass is 263 g/mol. The van der Waals surface area contributed by atoms with Gasteiger partial charge >= 0.3 is 6.18 Å². The van der Waals surface area contributed by atoms with Crippen molar-refractivity contribution in [3.8, 4) is 0 Å². The second-order valence-electron chi connectivity index (χ2n) is 4.31. The Bertz CT molecular complexity index is 387. The maximum atomic E-state index is 13.3. The molecule has 0 spiro atoms. The molecule has 0 heterocycles. The summed E-state index contributed by atoms with van der Waals surface area (Å²) in [7, 11) is 0. The molecule has 1 nitrogen and oxygen atoms in total. The normalized spacial score (nSPS) is 13.7. The van der Waals surface area contributed by atoms with Crippen LogP contribution in [0.1, 0.15) is 31.4 Å². The highest BCUT2D eigenvalue weighted by Gasteiger charge is 2.33. The molecular formula is C13H17F4N. The van der Waals surface area contributed by atoms with E-state index in [0.717, 1.165) is 25.1 Å². The van der Waals surface area contributed by atoms with E-state index in [1.807, 2.05) is 13.8 Å². The standard InChI is InChI=1S/C13H17F4N/c1-3-18-9(2)4-5-10-6-7-11(12(14)8-10)13(15,16)17/h6-9,18H,3-5H2,1-2H3. The van der Waals surface area contributed by atoms with Crippen LogP contribution in [0.25, 0.3) is 0 Å². The Hall–Kier alpha value is -1.10. The van der Waals surface area contributed by atoms with E-state index in [9.17, 15) is 17.6 Å². The first-order chi connectivity index (χ1) is 8.34. The van der Waals surface area contributed by atoms with Crippen LogP contribution in [0.5, 0.6) is 0 Å². The smallest absolute Gasteiger partial charge is 0.315 e. The van der Waals surface area contributed by atoms with E-state index in [1.54, 1.807) is 0 Å². The van der Waals surface area contributed by atoms with Gasteiger partial charge in [-0.15, -0.1) is 0 Å². The van der Waals surface area contributed by atoms with Crippen molar-refractivity contribution in [2.75, 3.05) is 6.54 Å². The van der Waals surface area contributed by atoms with Gasteiger partial charge in [0.15, 0.2) is 0 Å². The largest absolute Gasteiger partial charge is 0.419 e. The third-order valence-corrected chi connectivity index (χ3v) is 2.76. The van der Waals surface area contributed by atoms with Crippen molar-refractivity contribution < 1.29 is 17.6 Å². The molecule has 1 rings (SSSR count). The second kappa shape index (κ2) is 6.18. The Labute approximate surface area is 104 Å². The average Bonchev–Trinajstić information content (AvgIpc) is 2.25. The summed E-state index contributed by atoms with van der Waals surface area (Å²) in [5.74, 6) is -1.20. The summed E-state index contributed by atoms with van der Waals surface area (Å²) >= 11 is 0. The number of hydrogen-bond acceptors (Lipinski definition) is 1. The average molecular weight is 263 g/mol. The van der Waals surface area contributed by atoms with E-state index < -0.39 is 17.6 Å². The lowest BCUT2D eigenvalue weighted by Gasteiger charge is -2.13. The third-order valence-electron chi connectivity index (χ3n) is 2.76. The Morgan fingerprint density at radius 1 is 1.28 bits per heavy atom. The van der Waals surface area contributed by atoms with Crippen molar-refractivity contribution in [2.24, 2.45) is 0 Å². The first kappa shape index (κ1) is 15.0. The number of rotatable bonds is 5. The van der Waals surface area contributed by atoms with Crippen LogP contribution in [-0.2, 0) is 12.6 Å². The molecule has 0 aromatic heterocycles. The molecule has 0 aliphatic rings. The molecule has 5 heteroatoms. The molecule has 0 amide bonds. The predicted octanol–water partition coefficient (Wildman–Crippen LogP) is 3.78. The quantitative estimate of drug-likeness (QED) is 0.797. The molecule has 1 unspecified atom stereocenters. The molecule has 1 atom stereocenters. The molecule has 0 saturated heterocycles. The van der Waals surface area contributed by atoms with Gasteiger partial charge in [-0.3, -0.25) is 0 Å². The van der Waals surface area contributed by atoms with E-state index in [4.69, 9.17) is 0 Å². The summed E-state index contributed by atoms with van der Waals surface area (Å²) in [5.41, 5.74) is -0.615. The molecule has 0 aliphatic heterocycles. The Morgan fingerprint density at radius 3 is 2.44 bits per heavy atom. The van der Waals surface area contributed by atoms with Crippen LogP contribution < -0.4 is 5.32 Å². The fourth-order valence-corrected chi connectivity index (χ4v) is 1.78. The highest BCUT2D eigenvalue weighted by Crippen LogP contribution is 2.31. The van der Waals surface area contributed by atoms with Gasteiger partial charge in [0.1, 0.15) is 5.82 Å². The Morgan fingerprint density at radius 2 is 1.94 bits per heavy atom. The van der Waals surface area contributed by atoms with Crippen molar-refractivity contribution in [2.45, 2.75) is 38.9 Å². The van der Waals surface area contributed by atoms with E-state index >= 15 is 0 Å². The molecule has 18 heavy (non-hydrogen) atoms. The molecule has 0 aliphatic carbocycles. The lowest BCUT2D eigenvalue weighted by molar-refractivity contribution is -0.140. The first-order valence-electron chi connectivity index (χ1n) is 5.93. The second-order valence-corrected chi connectivity index (χ2v) is 4.31. The van der Waals surface area contributed by atoms with Crippen molar-refractivity contribution in [3.05, 3.63) is 35.1 Å². The minimum atomic E-state index is -4.63. The van der Waals surface area contributed by atoms with Crippen LogP contribution in [0.3, 0.4) is 0 Å². The Balaban J connectivity index is 2.68. The maximum Gasteiger partial charge on any atom is 0.419 e. The van der Waals surface area contributed by atoms with Crippen LogP contribution in [0.4, 0.5) is 17.6 Å². The zero-order chi connectivity index (χ0) is 13.8. The SMILES string of the molecule is CCNC(C)CCc1ccc(C(F)(F)F)c(F)c1. The Kier molecular flexibility index (Phi) is 5.14. The molecule has 0 saturated carbocycles. The zero-order valence-electron chi connectivity index (χ0n) is 10.4. The fraction of sp³-hybridized carbons (Fsp3) is 0.538. The summed E-state index contributed by atoms with van der Waals surface area (Å²) in [6, 6.07) is 3.38. The molecule has 102 valence electrons. The van der Waals surface area contributed by atoms with Gasteiger partial charge in [0.2, 0.25) is 0 Å². The van der Waals surface area contributed by atoms with Crippen LogP contribution in [0, 0.1) is 5.82 Å². The van der Waals surface area contributed by atoms with E-state index in [2.05, 4.69) is 5.32 Å². The third kappa shape index (κ3) is 4.29. The van der Waals surface area contributed by atoms with Crippen molar-refractivity contribution in [1.82, 2.24) is 5.32 Å². The van der Waals surface area contributed by atoms with Crippen LogP contribution in [0.2, 0.25) is 0 Å². The van der Waals surface area contributed by atoms with E-state index in [-0.39, 0.29) is 6.04 Å². The number of nitrogens with one attached hydrogen (secondary N) is 1.